The van der Waals surface area contributed by atoms with Gasteiger partial charge in [-0.1, -0.05) is 6.07 Å². The van der Waals surface area contributed by atoms with Gasteiger partial charge in [0.05, 0.1) is 0 Å². The molecule has 0 unspecified atom stereocenters. The van der Waals surface area contributed by atoms with Gasteiger partial charge >= 0.3 is 0 Å². The van der Waals surface area contributed by atoms with Gasteiger partial charge in [-0.25, -0.2) is 0 Å². The van der Waals surface area contributed by atoms with Crippen LogP contribution in [0.1, 0.15) is 17.7 Å². The van der Waals surface area contributed by atoms with Crippen molar-refractivity contribution in [2.24, 2.45) is 0 Å². The number of unbranched alkanes of at least 4 members (excludes halogenated alkanes) is 1. The van der Waals surface area contributed by atoms with Crippen molar-refractivity contribution >= 4 is 23.1 Å². The van der Waals surface area contributed by atoms with Crippen molar-refractivity contribution in [1.82, 2.24) is 5.32 Å². The minimum absolute atomic E-state index is 1.04. The summed E-state index contributed by atoms with van der Waals surface area (Å²) in [5, 5.41) is 5.58. The van der Waals surface area contributed by atoms with Crippen molar-refractivity contribution in [3.63, 3.8) is 0 Å². The van der Waals surface area contributed by atoms with Gasteiger partial charge in [-0.2, -0.15) is 11.8 Å². The summed E-state index contributed by atoms with van der Waals surface area (Å²) in [6.07, 6.45) is 4.80. The molecule has 0 amide bonds. The fourth-order valence-corrected chi connectivity index (χ4v) is 2.29. The lowest BCUT2D eigenvalue weighted by atomic mass is 10.3. The molecule has 1 nitrogen and oxygen atoms in total. The highest BCUT2D eigenvalue weighted by molar-refractivity contribution is 7.98. The van der Waals surface area contributed by atoms with Crippen LogP contribution in [-0.2, 0) is 6.54 Å². The van der Waals surface area contributed by atoms with Crippen LogP contribution >= 0.6 is 23.1 Å². The van der Waals surface area contributed by atoms with Crippen molar-refractivity contribution in [2.45, 2.75) is 19.4 Å². The van der Waals surface area contributed by atoms with Gasteiger partial charge in [0.2, 0.25) is 0 Å². The predicted octanol–water partition coefficient (Wildman–Crippen LogP) is 2.98. The van der Waals surface area contributed by atoms with Gasteiger partial charge in [0.15, 0.2) is 0 Å². The normalized spacial score (nSPS) is 10.5. The Labute approximate surface area is 88.9 Å². The van der Waals surface area contributed by atoms with E-state index in [1.165, 1.54) is 23.5 Å². The van der Waals surface area contributed by atoms with Gasteiger partial charge in [0.25, 0.3) is 0 Å². The summed E-state index contributed by atoms with van der Waals surface area (Å²) in [5.74, 6) is 1.29. The van der Waals surface area contributed by atoms with Crippen LogP contribution in [0, 0.1) is 0 Å². The average Bonchev–Trinajstić information content (AvgIpc) is 2.63. The highest BCUT2D eigenvalue weighted by Crippen LogP contribution is 2.07. The Morgan fingerprint density at radius 1 is 1.46 bits per heavy atom. The molecule has 13 heavy (non-hydrogen) atoms. The van der Waals surface area contributed by atoms with Crippen molar-refractivity contribution in [1.29, 1.82) is 0 Å². The van der Waals surface area contributed by atoms with Crippen LogP contribution in [0.25, 0.3) is 0 Å². The number of nitrogens with one attached hydrogen (secondary N) is 1. The number of thioether (sulfide) groups is 1. The van der Waals surface area contributed by atoms with Crippen LogP contribution in [0.15, 0.2) is 17.5 Å². The van der Waals surface area contributed by atoms with Gasteiger partial charge in [-0.05, 0) is 42.8 Å². The molecule has 0 saturated heterocycles. The number of hydrogen-bond donors (Lipinski definition) is 1. The fourth-order valence-electron chi connectivity index (χ4n) is 1.12. The second-order valence-corrected chi connectivity index (χ2v) is 4.97. The third kappa shape index (κ3) is 5.34. The topological polar surface area (TPSA) is 12.0 Å². The fraction of sp³-hybridized carbons (Fsp3) is 0.600. The van der Waals surface area contributed by atoms with E-state index in [9.17, 15) is 0 Å². The summed E-state index contributed by atoms with van der Waals surface area (Å²) in [7, 11) is 0. The Morgan fingerprint density at radius 2 is 2.38 bits per heavy atom. The molecular weight excluding hydrogens is 198 g/mol. The largest absolute Gasteiger partial charge is 0.312 e. The first-order valence-electron chi connectivity index (χ1n) is 4.65. The van der Waals surface area contributed by atoms with Gasteiger partial charge < -0.3 is 5.32 Å². The monoisotopic (exact) mass is 215 g/mol. The third-order valence-corrected chi connectivity index (χ3v) is 3.40. The Kier molecular flexibility index (Phi) is 6.33. The molecule has 74 valence electrons. The number of rotatable bonds is 7. The molecule has 0 bridgehead atoms. The molecule has 1 N–H and O–H groups in total. The molecule has 0 aliphatic rings. The van der Waals surface area contributed by atoms with E-state index in [-0.39, 0.29) is 0 Å². The lowest BCUT2D eigenvalue weighted by molar-refractivity contribution is 0.648. The van der Waals surface area contributed by atoms with Gasteiger partial charge in [0, 0.05) is 11.4 Å². The molecule has 1 rings (SSSR count). The SMILES string of the molecule is CSCCCCNCc1cccs1. The Bertz CT molecular complexity index is 197. The van der Waals surface area contributed by atoms with E-state index in [0.717, 1.165) is 13.1 Å². The zero-order chi connectivity index (χ0) is 9.36. The summed E-state index contributed by atoms with van der Waals surface area (Å²) < 4.78 is 0. The quantitative estimate of drug-likeness (QED) is 0.702. The molecule has 1 heterocycles. The van der Waals surface area contributed by atoms with E-state index < -0.39 is 0 Å². The number of hydrogen-bond acceptors (Lipinski definition) is 3. The summed E-state index contributed by atoms with van der Waals surface area (Å²) in [4.78, 5) is 1.44. The zero-order valence-electron chi connectivity index (χ0n) is 8.08. The lowest BCUT2D eigenvalue weighted by Gasteiger charge is -2.01. The molecular formula is C10H17NS2. The minimum Gasteiger partial charge on any atom is -0.312 e. The van der Waals surface area contributed by atoms with E-state index >= 15 is 0 Å². The number of thiophene rings is 1. The van der Waals surface area contributed by atoms with Crippen LogP contribution in [0.4, 0.5) is 0 Å². The van der Waals surface area contributed by atoms with Gasteiger partial charge in [-0.15, -0.1) is 11.3 Å². The molecule has 3 heteroatoms. The van der Waals surface area contributed by atoms with Crippen LogP contribution in [0.2, 0.25) is 0 Å². The first kappa shape index (κ1) is 11.1. The summed E-state index contributed by atoms with van der Waals surface area (Å²) in [5.41, 5.74) is 0. The molecule has 1 aromatic heterocycles. The van der Waals surface area contributed by atoms with Gasteiger partial charge in [0.1, 0.15) is 0 Å². The lowest BCUT2D eigenvalue weighted by Crippen LogP contribution is -2.13. The van der Waals surface area contributed by atoms with E-state index in [1.807, 2.05) is 23.1 Å². The maximum absolute atomic E-state index is 3.45. The Hall–Kier alpha value is 0.01000. The molecule has 0 aliphatic heterocycles. The van der Waals surface area contributed by atoms with Crippen LogP contribution in [-0.4, -0.2) is 18.6 Å². The summed E-state index contributed by atoms with van der Waals surface area (Å²) >= 11 is 3.76. The summed E-state index contributed by atoms with van der Waals surface area (Å²) in [6, 6.07) is 4.29. The van der Waals surface area contributed by atoms with Gasteiger partial charge in [-0.3, -0.25) is 0 Å². The van der Waals surface area contributed by atoms with Crippen molar-refractivity contribution in [3.05, 3.63) is 22.4 Å². The average molecular weight is 215 g/mol. The molecule has 0 atom stereocenters. The second-order valence-electron chi connectivity index (χ2n) is 2.96. The first-order chi connectivity index (χ1) is 6.43. The van der Waals surface area contributed by atoms with Crippen molar-refractivity contribution in [2.75, 3.05) is 18.6 Å². The summed E-state index contributed by atoms with van der Waals surface area (Å²) in [6.45, 7) is 2.19. The highest BCUT2D eigenvalue weighted by atomic mass is 32.2. The molecule has 0 saturated carbocycles. The minimum atomic E-state index is 1.04. The molecule has 0 aromatic carbocycles. The molecule has 0 radical (unpaired) electrons. The Balaban J connectivity index is 1.90. The van der Waals surface area contributed by atoms with E-state index in [1.54, 1.807) is 0 Å². The predicted molar refractivity (Wildman–Crippen MR) is 63.6 cm³/mol. The molecule has 1 aromatic rings. The van der Waals surface area contributed by atoms with Crippen molar-refractivity contribution < 1.29 is 0 Å². The maximum atomic E-state index is 3.45. The molecule has 0 spiro atoms. The maximum Gasteiger partial charge on any atom is 0.0299 e. The van der Waals surface area contributed by atoms with Crippen LogP contribution < -0.4 is 5.32 Å². The van der Waals surface area contributed by atoms with E-state index in [4.69, 9.17) is 0 Å². The second kappa shape index (κ2) is 7.42. The first-order valence-corrected chi connectivity index (χ1v) is 6.93. The smallest absolute Gasteiger partial charge is 0.0299 e. The molecule has 0 aliphatic carbocycles. The van der Waals surface area contributed by atoms with Crippen LogP contribution in [0.3, 0.4) is 0 Å². The van der Waals surface area contributed by atoms with Crippen molar-refractivity contribution in [3.8, 4) is 0 Å². The highest BCUT2D eigenvalue weighted by Gasteiger charge is 1.92. The standard InChI is InChI=1S/C10H17NS2/c1-12-7-3-2-6-11-9-10-5-4-8-13-10/h4-5,8,11H,2-3,6-7,9H2,1H3. The zero-order valence-corrected chi connectivity index (χ0v) is 9.72. The van der Waals surface area contributed by atoms with E-state index in [2.05, 4.69) is 29.1 Å². The third-order valence-electron chi connectivity index (χ3n) is 1.83. The van der Waals surface area contributed by atoms with Crippen LogP contribution in [0.5, 0.6) is 0 Å². The van der Waals surface area contributed by atoms with E-state index in [0.29, 0.717) is 0 Å². The molecule has 0 fully saturated rings. The Morgan fingerprint density at radius 3 is 3.08 bits per heavy atom.